The minimum absolute atomic E-state index is 0.0774. The number of aryl methyl sites for hydroxylation is 1. The Morgan fingerprint density at radius 1 is 1.25 bits per heavy atom. The van der Waals surface area contributed by atoms with Crippen LogP contribution in [0.4, 0.5) is 5.95 Å². The lowest BCUT2D eigenvalue weighted by molar-refractivity contribution is 0.842. The summed E-state index contributed by atoms with van der Waals surface area (Å²) in [7, 11) is 0. The largest absolute Gasteiger partial charge is 0.348 e. The van der Waals surface area contributed by atoms with E-state index in [0.29, 0.717) is 17.4 Å². The molecule has 20 heavy (non-hydrogen) atoms. The average Bonchev–Trinajstić information content (AvgIpc) is 2.82. The van der Waals surface area contributed by atoms with Crippen LogP contribution in [0, 0.1) is 6.92 Å². The van der Waals surface area contributed by atoms with Gasteiger partial charge in [0.2, 0.25) is 5.95 Å². The van der Waals surface area contributed by atoms with Gasteiger partial charge in [0.25, 0.3) is 11.3 Å². The second kappa shape index (κ2) is 4.80. The van der Waals surface area contributed by atoms with E-state index in [0.717, 1.165) is 5.56 Å². The molecule has 3 rings (SSSR count). The molecule has 0 radical (unpaired) electrons. The third-order valence-corrected chi connectivity index (χ3v) is 3.11. The summed E-state index contributed by atoms with van der Waals surface area (Å²) in [6.45, 7) is 3.81. The van der Waals surface area contributed by atoms with E-state index in [1.165, 1.54) is 10.6 Å². The predicted octanol–water partition coefficient (Wildman–Crippen LogP) is 1.90. The molecule has 1 aromatic carbocycles. The molecule has 3 aromatic rings. The summed E-state index contributed by atoms with van der Waals surface area (Å²) < 4.78 is 1.33. The van der Waals surface area contributed by atoms with Crippen molar-refractivity contribution in [2.24, 2.45) is 0 Å². The van der Waals surface area contributed by atoms with Gasteiger partial charge in [-0.2, -0.15) is 9.50 Å². The summed E-state index contributed by atoms with van der Waals surface area (Å²) in [5.74, 6) is 0.898. The van der Waals surface area contributed by atoms with Crippen molar-refractivity contribution in [1.29, 1.82) is 0 Å². The highest BCUT2D eigenvalue weighted by Crippen LogP contribution is 2.16. The zero-order valence-corrected chi connectivity index (χ0v) is 11.3. The van der Waals surface area contributed by atoms with Gasteiger partial charge in [-0.05, 0) is 19.4 Å². The molecule has 2 aromatic heterocycles. The lowest BCUT2D eigenvalue weighted by atomic mass is 10.1. The Kier molecular flexibility index (Phi) is 2.98. The molecule has 1 atom stereocenters. The highest BCUT2D eigenvalue weighted by molar-refractivity contribution is 5.39. The quantitative estimate of drug-likeness (QED) is 0.761. The Morgan fingerprint density at radius 3 is 2.75 bits per heavy atom. The van der Waals surface area contributed by atoms with E-state index >= 15 is 0 Å². The molecule has 102 valence electrons. The fourth-order valence-electron chi connectivity index (χ4n) is 2.09. The monoisotopic (exact) mass is 269 g/mol. The first kappa shape index (κ1) is 12.4. The maximum absolute atomic E-state index is 11.8. The normalized spacial score (nSPS) is 12.5. The van der Waals surface area contributed by atoms with Crippen LogP contribution in [0.1, 0.15) is 24.2 Å². The number of hydrogen-bond donors (Lipinski definition) is 2. The van der Waals surface area contributed by atoms with E-state index in [-0.39, 0.29) is 11.6 Å². The van der Waals surface area contributed by atoms with Gasteiger partial charge >= 0.3 is 0 Å². The van der Waals surface area contributed by atoms with Crippen LogP contribution in [-0.4, -0.2) is 19.6 Å². The Morgan fingerprint density at radius 2 is 2.00 bits per heavy atom. The minimum atomic E-state index is -0.166. The van der Waals surface area contributed by atoms with Crippen LogP contribution < -0.4 is 10.9 Å². The number of H-pyrrole nitrogens is 1. The Labute approximate surface area is 115 Å². The summed E-state index contributed by atoms with van der Waals surface area (Å²) in [6.07, 6.45) is 0. The van der Waals surface area contributed by atoms with Crippen molar-refractivity contribution in [3.63, 3.8) is 0 Å². The summed E-state index contributed by atoms with van der Waals surface area (Å²) in [6, 6.07) is 11.6. The molecule has 0 aliphatic carbocycles. The van der Waals surface area contributed by atoms with Crippen LogP contribution >= 0.6 is 0 Å². The van der Waals surface area contributed by atoms with Crippen molar-refractivity contribution in [1.82, 2.24) is 19.6 Å². The molecule has 0 spiro atoms. The summed E-state index contributed by atoms with van der Waals surface area (Å²) in [5.41, 5.74) is 1.63. The zero-order valence-electron chi connectivity index (χ0n) is 11.3. The van der Waals surface area contributed by atoms with Crippen molar-refractivity contribution < 1.29 is 0 Å². The van der Waals surface area contributed by atoms with Crippen molar-refractivity contribution in [3.05, 3.63) is 58.0 Å². The summed E-state index contributed by atoms with van der Waals surface area (Å²) in [4.78, 5) is 20.3. The molecule has 6 nitrogen and oxygen atoms in total. The van der Waals surface area contributed by atoms with E-state index < -0.39 is 0 Å². The van der Waals surface area contributed by atoms with E-state index in [1.807, 2.05) is 37.3 Å². The molecule has 0 fully saturated rings. The number of aromatic amines is 1. The highest BCUT2D eigenvalue weighted by Gasteiger charge is 2.10. The van der Waals surface area contributed by atoms with Crippen LogP contribution in [0.5, 0.6) is 0 Å². The highest BCUT2D eigenvalue weighted by atomic mass is 16.1. The molecular weight excluding hydrogens is 254 g/mol. The molecule has 0 bridgehead atoms. The van der Waals surface area contributed by atoms with Gasteiger partial charge in [0, 0.05) is 11.8 Å². The van der Waals surface area contributed by atoms with Gasteiger partial charge in [-0.25, -0.2) is 4.98 Å². The Hall–Kier alpha value is -2.63. The zero-order chi connectivity index (χ0) is 14.1. The van der Waals surface area contributed by atoms with Gasteiger partial charge in [0.15, 0.2) is 0 Å². The number of anilines is 1. The molecule has 0 saturated heterocycles. The maximum Gasteiger partial charge on any atom is 0.274 e. The molecule has 6 heteroatoms. The Bertz CT molecular complexity index is 790. The lowest BCUT2D eigenvalue weighted by Crippen LogP contribution is -2.15. The lowest BCUT2D eigenvalue weighted by Gasteiger charge is -2.12. The molecule has 0 amide bonds. The van der Waals surface area contributed by atoms with Crippen molar-refractivity contribution >= 4 is 11.7 Å². The molecular formula is C14H15N5O. The molecule has 0 aliphatic heterocycles. The number of hydrogen-bond acceptors (Lipinski definition) is 4. The number of benzene rings is 1. The van der Waals surface area contributed by atoms with E-state index in [2.05, 4.69) is 20.4 Å². The van der Waals surface area contributed by atoms with Crippen molar-refractivity contribution in [3.8, 4) is 0 Å². The molecule has 0 unspecified atom stereocenters. The van der Waals surface area contributed by atoms with Gasteiger partial charge in [-0.1, -0.05) is 30.3 Å². The second-order valence-electron chi connectivity index (χ2n) is 4.72. The molecule has 2 N–H and O–H groups in total. The van der Waals surface area contributed by atoms with Gasteiger partial charge in [0.05, 0.1) is 6.04 Å². The predicted molar refractivity (Wildman–Crippen MR) is 76.8 cm³/mol. The minimum Gasteiger partial charge on any atom is -0.348 e. The third-order valence-electron chi connectivity index (χ3n) is 3.11. The molecule has 0 saturated carbocycles. The summed E-state index contributed by atoms with van der Waals surface area (Å²) in [5, 5.41) is 6.14. The van der Waals surface area contributed by atoms with E-state index in [4.69, 9.17) is 0 Å². The van der Waals surface area contributed by atoms with Crippen LogP contribution in [0.2, 0.25) is 0 Å². The first-order chi connectivity index (χ1) is 9.63. The van der Waals surface area contributed by atoms with Gasteiger partial charge < -0.3 is 5.32 Å². The Balaban J connectivity index is 1.92. The number of rotatable bonds is 3. The first-order valence-corrected chi connectivity index (χ1v) is 6.41. The number of nitrogens with zero attached hydrogens (tertiary/aromatic N) is 3. The fraction of sp³-hybridized carbons (Fsp3) is 0.214. The molecule has 0 aliphatic rings. The van der Waals surface area contributed by atoms with Crippen LogP contribution in [0.15, 0.2) is 41.2 Å². The van der Waals surface area contributed by atoms with Crippen LogP contribution in [0.25, 0.3) is 5.78 Å². The van der Waals surface area contributed by atoms with Gasteiger partial charge in [-0.3, -0.25) is 9.89 Å². The maximum atomic E-state index is 11.8. The second-order valence-corrected chi connectivity index (χ2v) is 4.72. The number of aromatic nitrogens is 4. The van der Waals surface area contributed by atoms with Gasteiger partial charge in [0.1, 0.15) is 0 Å². The van der Waals surface area contributed by atoms with Crippen molar-refractivity contribution in [2.75, 3.05) is 5.32 Å². The van der Waals surface area contributed by atoms with Gasteiger partial charge in [-0.15, -0.1) is 0 Å². The fourth-order valence-corrected chi connectivity index (χ4v) is 2.09. The number of fused-ring (bicyclic) bond motifs is 1. The van der Waals surface area contributed by atoms with E-state index in [1.54, 1.807) is 6.92 Å². The average molecular weight is 269 g/mol. The van der Waals surface area contributed by atoms with Crippen LogP contribution in [0.3, 0.4) is 0 Å². The SMILES string of the molecule is Cc1cc(=O)n2[nH]c(N[C@H](C)c3ccccc3)nc2n1. The first-order valence-electron chi connectivity index (χ1n) is 6.41. The van der Waals surface area contributed by atoms with Crippen LogP contribution in [-0.2, 0) is 0 Å². The van der Waals surface area contributed by atoms with Crippen molar-refractivity contribution in [2.45, 2.75) is 19.9 Å². The third kappa shape index (κ3) is 2.27. The summed E-state index contributed by atoms with van der Waals surface area (Å²) >= 11 is 0. The molecule has 2 heterocycles. The smallest absolute Gasteiger partial charge is 0.274 e. The number of nitrogens with one attached hydrogen (secondary N) is 2. The standard InChI is InChI=1S/C14H15N5O/c1-9-8-12(20)19-14(15-9)17-13(18-19)16-10(2)11-6-4-3-5-7-11/h3-8,10H,1-2H3,(H2,15,16,17,18)/t10-/m1/s1. The topological polar surface area (TPSA) is 75.1 Å². The van der Waals surface area contributed by atoms with E-state index in [9.17, 15) is 4.79 Å².